The van der Waals surface area contributed by atoms with Gasteiger partial charge in [0.1, 0.15) is 12.7 Å². The molecule has 120 valence electrons. The maximum absolute atomic E-state index is 11.4. The van der Waals surface area contributed by atoms with Crippen LogP contribution in [-0.4, -0.2) is 49.1 Å². The van der Waals surface area contributed by atoms with E-state index < -0.39 is 30.4 Å². The van der Waals surface area contributed by atoms with Crippen molar-refractivity contribution in [1.82, 2.24) is 0 Å². The van der Waals surface area contributed by atoms with Gasteiger partial charge in [-0.25, -0.2) is 0 Å². The zero-order chi connectivity index (χ0) is 16.3. The highest BCUT2D eigenvalue weighted by atomic mass is 16.7. The second kappa shape index (κ2) is 10.7. The number of carboxylic acids is 1. The molecule has 0 aromatic carbocycles. The number of esters is 2. The summed E-state index contributed by atoms with van der Waals surface area (Å²) in [6.07, 6.45) is -1.83. The van der Waals surface area contributed by atoms with Crippen LogP contribution in [0.1, 0.15) is 26.7 Å². The zero-order valence-electron chi connectivity index (χ0n) is 12.1. The quantitative estimate of drug-likeness (QED) is 0.259. The second-order valence-corrected chi connectivity index (χ2v) is 4.13. The summed E-state index contributed by atoms with van der Waals surface area (Å²) < 4.78 is 19.4. The lowest BCUT2D eigenvalue weighted by atomic mass is 10.2. The minimum atomic E-state index is -1.17. The lowest BCUT2D eigenvalue weighted by Crippen LogP contribution is -2.25. The largest absolute Gasteiger partial charge is 0.481 e. The average Bonchev–Trinajstić information content (AvgIpc) is 2.31. The summed E-state index contributed by atoms with van der Waals surface area (Å²) in [6, 6.07) is 0. The zero-order valence-corrected chi connectivity index (χ0v) is 12.1. The molecule has 0 saturated heterocycles. The van der Waals surface area contributed by atoms with Gasteiger partial charge in [0.05, 0.1) is 25.2 Å². The van der Waals surface area contributed by atoms with Crippen LogP contribution in [0, 0.1) is 0 Å². The molecule has 1 unspecified atom stereocenters. The Morgan fingerprint density at radius 2 is 1.76 bits per heavy atom. The summed E-state index contributed by atoms with van der Waals surface area (Å²) in [6.45, 7) is 6.41. The molecule has 0 bridgehead atoms. The number of carbonyl (C=O) groups excluding carboxylic acids is 2. The molecule has 0 fully saturated rings. The number of carbonyl (C=O) groups is 3. The smallest absolute Gasteiger partial charge is 0.309 e. The average molecular weight is 304 g/mol. The minimum Gasteiger partial charge on any atom is -0.481 e. The Hall–Kier alpha value is -2.09. The molecule has 0 aromatic heterocycles. The fourth-order valence-corrected chi connectivity index (χ4v) is 1.25. The molecule has 0 aliphatic rings. The third-order valence-electron chi connectivity index (χ3n) is 2.01. The number of ether oxygens (including phenoxy) is 4. The Balaban J connectivity index is 3.89. The van der Waals surface area contributed by atoms with E-state index >= 15 is 0 Å². The van der Waals surface area contributed by atoms with Crippen LogP contribution in [0.15, 0.2) is 12.3 Å². The van der Waals surface area contributed by atoms with Crippen molar-refractivity contribution in [2.24, 2.45) is 0 Å². The predicted molar refractivity (Wildman–Crippen MR) is 70.1 cm³/mol. The first kappa shape index (κ1) is 18.9. The third kappa shape index (κ3) is 12.7. The molecule has 0 amide bonds. The van der Waals surface area contributed by atoms with Crippen molar-refractivity contribution >= 4 is 17.9 Å². The summed E-state index contributed by atoms with van der Waals surface area (Å²) in [5.74, 6) is -2.00. The number of aliphatic carboxylic acids is 1. The normalized spacial score (nSPS) is 11.3. The highest BCUT2D eigenvalue weighted by Crippen LogP contribution is 2.06. The summed E-state index contributed by atoms with van der Waals surface area (Å²) in [5.41, 5.74) is 0. The first-order valence-corrected chi connectivity index (χ1v) is 6.22. The van der Waals surface area contributed by atoms with E-state index in [9.17, 15) is 14.4 Å². The van der Waals surface area contributed by atoms with Crippen LogP contribution >= 0.6 is 0 Å². The highest BCUT2D eigenvalue weighted by Gasteiger charge is 2.21. The standard InChI is InChI=1S/C13H20O8/c1-9(2)20-8-18-4-5-19-13(17)7-11(6-12(15)16)21-10(3)14/h11H,1,4-8H2,2-3H3,(H,15,16). The second-order valence-electron chi connectivity index (χ2n) is 4.13. The van der Waals surface area contributed by atoms with E-state index in [0.717, 1.165) is 6.92 Å². The van der Waals surface area contributed by atoms with Gasteiger partial charge in [0.25, 0.3) is 0 Å². The van der Waals surface area contributed by atoms with Crippen molar-refractivity contribution < 1.29 is 38.4 Å². The van der Waals surface area contributed by atoms with Crippen LogP contribution in [0.2, 0.25) is 0 Å². The van der Waals surface area contributed by atoms with Crippen LogP contribution in [0.3, 0.4) is 0 Å². The SMILES string of the molecule is C=C(C)OCOCCOC(=O)CC(CC(=O)O)OC(C)=O. The van der Waals surface area contributed by atoms with E-state index in [1.807, 2.05) is 0 Å². The number of carboxylic acid groups (broad SMARTS) is 1. The van der Waals surface area contributed by atoms with Gasteiger partial charge in [0, 0.05) is 6.92 Å². The van der Waals surface area contributed by atoms with Gasteiger partial charge in [-0.15, -0.1) is 0 Å². The van der Waals surface area contributed by atoms with Gasteiger partial charge >= 0.3 is 17.9 Å². The van der Waals surface area contributed by atoms with E-state index in [1.54, 1.807) is 6.92 Å². The molecular weight excluding hydrogens is 284 g/mol. The van der Waals surface area contributed by atoms with Crippen molar-refractivity contribution in [3.8, 4) is 0 Å². The Morgan fingerprint density at radius 3 is 2.29 bits per heavy atom. The molecule has 0 saturated carbocycles. The Morgan fingerprint density at radius 1 is 1.10 bits per heavy atom. The van der Waals surface area contributed by atoms with Gasteiger partial charge in [-0.05, 0) is 6.92 Å². The third-order valence-corrected chi connectivity index (χ3v) is 2.01. The van der Waals surface area contributed by atoms with Crippen molar-refractivity contribution in [2.75, 3.05) is 20.0 Å². The van der Waals surface area contributed by atoms with Gasteiger partial charge in [0.2, 0.25) is 0 Å². The lowest BCUT2D eigenvalue weighted by molar-refractivity contribution is -0.157. The molecule has 0 aliphatic heterocycles. The number of rotatable bonds is 11. The number of allylic oxidation sites excluding steroid dienone is 1. The van der Waals surface area contributed by atoms with Gasteiger partial charge in [-0.3, -0.25) is 14.4 Å². The predicted octanol–water partition coefficient (Wildman–Crippen LogP) is 0.850. The maximum atomic E-state index is 11.4. The molecule has 8 heteroatoms. The summed E-state index contributed by atoms with van der Waals surface area (Å²) >= 11 is 0. The van der Waals surface area contributed by atoms with Crippen molar-refractivity contribution in [2.45, 2.75) is 32.8 Å². The van der Waals surface area contributed by atoms with Crippen LogP contribution in [0.4, 0.5) is 0 Å². The van der Waals surface area contributed by atoms with E-state index in [1.165, 1.54) is 0 Å². The number of hydrogen-bond acceptors (Lipinski definition) is 7. The Labute approximate surface area is 122 Å². The molecule has 0 spiro atoms. The molecule has 0 aromatic rings. The Kier molecular flexibility index (Phi) is 9.61. The fourth-order valence-electron chi connectivity index (χ4n) is 1.25. The Bertz CT molecular complexity index is 360. The van der Waals surface area contributed by atoms with Crippen molar-refractivity contribution in [3.05, 3.63) is 12.3 Å². The molecule has 0 rings (SSSR count). The first-order chi connectivity index (χ1) is 9.81. The maximum Gasteiger partial charge on any atom is 0.309 e. The van der Waals surface area contributed by atoms with Gasteiger partial charge in [-0.2, -0.15) is 0 Å². The molecule has 0 heterocycles. The minimum absolute atomic E-state index is 0.00196. The molecular formula is C13H20O8. The van der Waals surface area contributed by atoms with E-state index in [-0.39, 0.29) is 26.4 Å². The topological polar surface area (TPSA) is 108 Å². The van der Waals surface area contributed by atoms with E-state index in [0.29, 0.717) is 5.76 Å². The van der Waals surface area contributed by atoms with E-state index in [4.69, 9.17) is 24.1 Å². The molecule has 0 aliphatic carbocycles. The van der Waals surface area contributed by atoms with Gasteiger partial charge < -0.3 is 24.1 Å². The lowest BCUT2D eigenvalue weighted by Gasteiger charge is -2.14. The van der Waals surface area contributed by atoms with Crippen LogP contribution in [-0.2, 0) is 33.3 Å². The van der Waals surface area contributed by atoms with Crippen molar-refractivity contribution in [3.63, 3.8) is 0 Å². The monoisotopic (exact) mass is 304 g/mol. The van der Waals surface area contributed by atoms with Gasteiger partial charge in [-0.1, -0.05) is 6.58 Å². The fraction of sp³-hybridized carbons (Fsp3) is 0.615. The van der Waals surface area contributed by atoms with Crippen LogP contribution in [0.25, 0.3) is 0 Å². The molecule has 0 radical (unpaired) electrons. The summed E-state index contributed by atoms with van der Waals surface area (Å²) in [5, 5.41) is 8.64. The number of hydrogen-bond donors (Lipinski definition) is 1. The summed E-state index contributed by atoms with van der Waals surface area (Å²) in [4.78, 5) is 32.8. The molecule has 1 N–H and O–H groups in total. The van der Waals surface area contributed by atoms with Crippen molar-refractivity contribution in [1.29, 1.82) is 0 Å². The molecule has 21 heavy (non-hydrogen) atoms. The van der Waals surface area contributed by atoms with Crippen LogP contribution in [0.5, 0.6) is 0 Å². The van der Waals surface area contributed by atoms with Gasteiger partial charge in [0.15, 0.2) is 6.79 Å². The molecule has 1 atom stereocenters. The van der Waals surface area contributed by atoms with Crippen LogP contribution < -0.4 is 0 Å². The first-order valence-electron chi connectivity index (χ1n) is 6.22. The highest BCUT2D eigenvalue weighted by molar-refractivity contribution is 5.74. The molecule has 8 nitrogen and oxygen atoms in total. The summed E-state index contributed by atoms with van der Waals surface area (Å²) in [7, 11) is 0. The van der Waals surface area contributed by atoms with E-state index in [2.05, 4.69) is 6.58 Å².